The fourth-order valence-electron chi connectivity index (χ4n) is 5.00. The molecule has 170 valence electrons. The molecule has 2 aromatic rings. The largest absolute Gasteiger partial charge is 0.441 e. The van der Waals surface area contributed by atoms with Crippen molar-refractivity contribution in [1.82, 2.24) is 19.8 Å². The maximum absolute atomic E-state index is 12.8. The molecule has 0 N–H and O–H groups in total. The topological polar surface area (TPSA) is 75.6 Å². The number of hydrogen-bond donors (Lipinski definition) is 0. The first-order valence-corrected chi connectivity index (χ1v) is 13.3. The van der Waals surface area contributed by atoms with E-state index >= 15 is 0 Å². The second kappa shape index (κ2) is 9.39. The Labute approximate surface area is 196 Å². The van der Waals surface area contributed by atoms with Gasteiger partial charge in [0, 0.05) is 25.3 Å². The highest BCUT2D eigenvalue weighted by Gasteiger charge is 2.48. The number of carbonyl (C=O) groups is 2. The van der Waals surface area contributed by atoms with Crippen LogP contribution in [0.1, 0.15) is 44.9 Å². The van der Waals surface area contributed by atoms with Crippen LogP contribution in [0, 0.1) is 0 Å². The third-order valence-electron chi connectivity index (χ3n) is 6.75. The Balaban J connectivity index is 1.11. The standard InChI is InChI=1S/C23H28N4O3S2/c28-20(15-32-21-24-11-6-18(25-21)19-5-4-14-31-19)26-12-7-17(8-13-26)27-16-23(30-22(27)29)9-2-1-3-10-23/h4-6,11,14,17H,1-3,7-10,12-13,15-16H2. The van der Waals surface area contributed by atoms with Crippen molar-refractivity contribution in [2.45, 2.75) is 61.7 Å². The molecular weight excluding hydrogens is 444 g/mol. The molecule has 0 aromatic carbocycles. The first kappa shape index (κ1) is 21.7. The molecule has 5 rings (SSSR count). The molecule has 9 heteroatoms. The van der Waals surface area contributed by atoms with Crippen LogP contribution >= 0.6 is 23.1 Å². The molecule has 0 radical (unpaired) electrons. The lowest BCUT2D eigenvalue weighted by atomic mass is 9.84. The first-order valence-electron chi connectivity index (χ1n) is 11.4. The number of likely N-dealkylation sites (tertiary alicyclic amines) is 1. The highest BCUT2D eigenvalue weighted by atomic mass is 32.2. The van der Waals surface area contributed by atoms with Gasteiger partial charge in [0.2, 0.25) is 5.91 Å². The molecule has 1 spiro atoms. The van der Waals surface area contributed by atoms with Gasteiger partial charge in [0.25, 0.3) is 0 Å². The lowest BCUT2D eigenvalue weighted by molar-refractivity contribution is -0.129. The van der Waals surface area contributed by atoms with Gasteiger partial charge in [0.1, 0.15) is 5.60 Å². The van der Waals surface area contributed by atoms with Crippen molar-refractivity contribution in [1.29, 1.82) is 0 Å². The van der Waals surface area contributed by atoms with E-state index in [2.05, 4.69) is 9.97 Å². The monoisotopic (exact) mass is 472 g/mol. The summed E-state index contributed by atoms with van der Waals surface area (Å²) in [5.41, 5.74) is 0.635. The average molecular weight is 473 g/mol. The van der Waals surface area contributed by atoms with E-state index in [0.717, 1.165) is 55.6 Å². The number of rotatable bonds is 5. The van der Waals surface area contributed by atoms with Gasteiger partial charge in [-0.25, -0.2) is 14.8 Å². The summed E-state index contributed by atoms with van der Waals surface area (Å²) in [5.74, 6) is 0.430. The number of hydrogen-bond acceptors (Lipinski definition) is 7. The molecule has 0 bridgehead atoms. The van der Waals surface area contributed by atoms with Crippen LogP contribution in [0.15, 0.2) is 34.9 Å². The fourth-order valence-corrected chi connectivity index (χ4v) is 6.43. The van der Waals surface area contributed by atoms with Crippen LogP contribution in [0.25, 0.3) is 10.6 Å². The van der Waals surface area contributed by atoms with Gasteiger partial charge < -0.3 is 14.5 Å². The van der Waals surface area contributed by atoms with E-state index < -0.39 is 0 Å². The molecule has 1 saturated carbocycles. The van der Waals surface area contributed by atoms with Crippen molar-refractivity contribution >= 4 is 35.1 Å². The minimum Gasteiger partial charge on any atom is -0.441 e. The molecule has 1 aliphatic carbocycles. The Kier molecular flexibility index (Phi) is 6.37. The van der Waals surface area contributed by atoms with Gasteiger partial charge >= 0.3 is 6.09 Å². The summed E-state index contributed by atoms with van der Waals surface area (Å²) in [6.07, 6.45) is 8.71. The van der Waals surface area contributed by atoms with Gasteiger partial charge in [-0.3, -0.25) is 4.79 Å². The van der Waals surface area contributed by atoms with Crippen LogP contribution in [0.4, 0.5) is 4.79 Å². The van der Waals surface area contributed by atoms with Crippen LogP contribution in [0.5, 0.6) is 0 Å². The summed E-state index contributed by atoms with van der Waals surface area (Å²) in [4.78, 5) is 39.1. The van der Waals surface area contributed by atoms with Crippen LogP contribution in [0.3, 0.4) is 0 Å². The highest BCUT2D eigenvalue weighted by Crippen LogP contribution is 2.38. The second-order valence-electron chi connectivity index (χ2n) is 8.84. The molecule has 32 heavy (non-hydrogen) atoms. The lowest BCUT2D eigenvalue weighted by Gasteiger charge is -2.36. The Morgan fingerprint density at radius 3 is 2.78 bits per heavy atom. The predicted octanol–water partition coefficient (Wildman–Crippen LogP) is 4.44. The van der Waals surface area contributed by atoms with Crippen LogP contribution in [-0.4, -0.2) is 68.8 Å². The van der Waals surface area contributed by atoms with E-state index in [4.69, 9.17) is 4.74 Å². The van der Waals surface area contributed by atoms with E-state index in [1.165, 1.54) is 18.2 Å². The minimum atomic E-state index is -0.253. The molecule has 7 nitrogen and oxygen atoms in total. The summed E-state index contributed by atoms with van der Waals surface area (Å²) in [7, 11) is 0. The Hall–Kier alpha value is -2.13. The van der Waals surface area contributed by atoms with Crippen molar-refractivity contribution in [3.8, 4) is 10.6 Å². The van der Waals surface area contributed by atoms with E-state index in [-0.39, 0.29) is 23.6 Å². The molecule has 3 fully saturated rings. The van der Waals surface area contributed by atoms with Gasteiger partial charge in [-0.05, 0) is 56.0 Å². The zero-order chi connectivity index (χ0) is 22.0. The van der Waals surface area contributed by atoms with Crippen molar-refractivity contribution in [2.75, 3.05) is 25.4 Å². The van der Waals surface area contributed by atoms with Crippen LogP contribution < -0.4 is 0 Å². The summed E-state index contributed by atoms with van der Waals surface area (Å²) >= 11 is 3.02. The average Bonchev–Trinajstić information content (AvgIpc) is 3.47. The minimum absolute atomic E-state index is 0.103. The number of amides is 2. The molecule has 4 heterocycles. The quantitative estimate of drug-likeness (QED) is 0.473. The SMILES string of the molecule is O=C(CSc1nccc(-c2cccs2)n1)N1CCC(N2CC3(CCCCC3)OC2=O)CC1. The van der Waals surface area contributed by atoms with Gasteiger partial charge in [-0.2, -0.15) is 0 Å². The third-order valence-corrected chi connectivity index (χ3v) is 8.49. The van der Waals surface area contributed by atoms with Crippen LogP contribution in [-0.2, 0) is 9.53 Å². The Morgan fingerprint density at radius 2 is 2.03 bits per heavy atom. The van der Waals surface area contributed by atoms with Crippen molar-refractivity contribution in [3.05, 3.63) is 29.8 Å². The van der Waals surface area contributed by atoms with Gasteiger partial charge in [0.05, 0.1) is 22.9 Å². The summed E-state index contributed by atoms with van der Waals surface area (Å²) in [5, 5.41) is 2.64. The van der Waals surface area contributed by atoms with Gasteiger partial charge in [0.15, 0.2) is 5.16 Å². The molecule has 2 saturated heterocycles. The summed E-state index contributed by atoms with van der Waals surface area (Å²) < 4.78 is 5.84. The molecule has 2 amide bonds. The number of nitrogens with zero attached hydrogens (tertiary/aromatic N) is 4. The maximum Gasteiger partial charge on any atom is 0.410 e. The first-order chi connectivity index (χ1) is 15.6. The van der Waals surface area contributed by atoms with E-state index in [9.17, 15) is 9.59 Å². The number of thiophene rings is 1. The smallest absolute Gasteiger partial charge is 0.410 e. The number of carbonyl (C=O) groups excluding carboxylic acids is 2. The molecule has 2 aromatic heterocycles. The molecule has 3 aliphatic rings. The fraction of sp³-hybridized carbons (Fsp3) is 0.565. The Morgan fingerprint density at radius 1 is 1.22 bits per heavy atom. The van der Waals surface area contributed by atoms with Crippen molar-refractivity contribution < 1.29 is 14.3 Å². The van der Waals surface area contributed by atoms with Gasteiger partial charge in [-0.15, -0.1) is 11.3 Å². The van der Waals surface area contributed by atoms with Crippen molar-refractivity contribution in [3.63, 3.8) is 0 Å². The molecular formula is C23H28N4O3S2. The highest BCUT2D eigenvalue weighted by molar-refractivity contribution is 7.99. The summed E-state index contributed by atoms with van der Waals surface area (Å²) in [6.45, 7) is 2.08. The maximum atomic E-state index is 12.8. The van der Waals surface area contributed by atoms with Crippen LogP contribution in [0.2, 0.25) is 0 Å². The van der Waals surface area contributed by atoms with E-state index in [1.807, 2.05) is 33.4 Å². The number of thioether (sulfide) groups is 1. The number of piperidine rings is 1. The zero-order valence-corrected chi connectivity index (χ0v) is 19.7. The zero-order valence-electron chi connectivity index (χ0n) is 18.1. The number of ether oxygens (including phenoxy) is 1. The predicted molar refractivity (Wildman–Crippen MR) is 125 cm³/mol. The molecule has 0 atom stereocenters. The van der Waals surface area contributed by atoms with E-state index in [0.29, 0.717) is 24.0 Å². The Bertz CT molecular complexity index is 954. The lowest BCUT2D eigenvalue weighted by Crippen LogP contribution is -2.48. The van der Waals surface area contributed by atoms with Gasteiger partial charge in [-0.1, -0.05) is 24.2 Å². The second-order valence-corrected chi connectivity index (χ2v) is 10.7. The summed E-state index contributed by atoms with van der Waals surface area (Å²) in [6, 6.07) is 6.09. The molecule has 0 unspecified atom stereocenters. The van der Waals surface area contributed by atoms with E-state index in [1.54, 1.807) is 17.5 Å². The number of aromatic nitrogens is 2. The van der Waals surface area contributed by atoms with Crippen molar-refractivity contribution in [2.24, 2.45) is 0 Å². The normalized spacial score (nSPS) is 21.2. The third kappa shape index (κ3) is 4.64. The molecule has 2 aliphatic heterocycles.